The summed E-state index contributed by atoms with van der Waals surface area (Å²) in [6.07, 6.45) is 1.81. The number of thiocarbonyl (C=S) groups is 1. The highest BCUT2D eigenvalue weighted by Gasteiger charge is 2.42. The van der Waals surface area contributed by atoms with Crippen molar-refractivity contribution in [3.63, 3.8) is 0 Å². The second-order valence-corrected chi connectivity index (χ2v) is 9.26. The maximum Gasteiger partial charge on any atom is 0.174 e. The minimum atomic E-state index is -0.168. The Hall–Kier alpha value is -2.96. The van der Waals surface area contributed by atoms with Crippen LogP contribution in [0.1, 0.15) is 34.7 Å². The summed E-state index contributed by atoms with van der Waals surface area (Å²) in [4.78, 5) is 6.73. The second-order valence-electron chi connectivity index (χ2n) is 8.02. The van der Waals surface area contributed by atoms with Crippen molar-refractivity contribution in [3.8, 4) is 11.3 Å². The van der Waals surface area contributed by atoms with Crippen molar-refractivity contribution < 1.29 is 4.42 Å². The first-order valence-corrected chi connectivity index (χ1v) is 11.6. The Labute approximate surface area is 201 Å². The molecule has 160 valence electrons. The fraction of sp³-hybridized carbons (Fsp3) is 0.154. The molecule has 0 saturated carbocycles. The number of aromatic nitrogens is 1. The van der Waals surface area contributed by atoms with Gasteiger partial charge in [0.1, 0.15) is 17.6 Å². The fourth-order valence-corrected chi connectivity index (χ4v) is 5.14. The van der Waals surface area contributed by atoms with E-state index in [1.54, 1.807) is 0 Å². The lowest BCUT2D eigenvalue weighted by molar-refractivity contribution is 0.439. The van der Waals surface area contributed by atoms with Gasteiger partial charge in [-0.1, -0.05) is 45.8 Å². The molecule has 4 aromatic rings. The molecule has 2 aromatic carbocycles. The molecule has 0 bridgehead atoms. The molecule has 1 fully saturated rings. The van der Waals surface area contributed by atoms with Gasteiger partial charge >= 0.3 is 0 Å². The number of anilines is 1. The van der Waals surface area contributed by atoms with Crippen LogP contribution in [0.25, 0.3) is 11.3 Å². The van der Waals surface area contributed by atoms with Gasteiger partial charge in [-0.3, -0.25) is 4.98 Å². The number of aryl methyl sites for hydroxylation is 2. The van der Waals surface area contributed by atoms with Crippen LogP contribution in [-0.2, 0) is 0 Å². The van der Waals surface area contributed by atoms with Crippen LogP contribution in [0.15, 0.2) is 87.9 Å². The molecule has 0 aliphatic carbocycles. The average Bonchev–Trinajstić information content (AvgIpc) is 3.39. The summed E-state index contributed by atoms with van der Waals surface area (Å²) in [6, 6.07) is 24.3. The number of benzene rings is 2. The summed E-state index contributed by atoms with van der Waals surface area (Å²) < 4.78 is 7.46. The van der Waals surface area contributed by atoms with Crippen molar-refractivity contribution in [2.45, 2.75) is 25.9 Å². The first-order valence-electron chi connectivity index (χ1n) is 10.4. The molecule has 0 spiro atoms. The van der Waals surface area contributed by atoms with E-state index in [0.717, 1.165) is 32.9 Å². The fourth-order valence-electron chi connectivity index (χ4n) is 4.10. The summed E-state index contributed by atoms with van der Waals surface area (Å²) in [5.41, 5.74) is 5.36. The molecule has 32 heavy (non-hydrogen) atoms. The maximum absolute atomic E-state index is 6.45. The lowest BCUT2D eigenvalue weighted by Gasteiger charge is -2.26. The zero-order valence-electron chi connectivity index (χ0n) is 17.7. The van der Waals surface area contributed by atoms with Gasteiger partial charge in [0, 0.05) is 21.9 Å². The van der Waals surface area contributed by atoms with E-state index in [1.807, 2.05) is 36.5 Å². The SMILES string of the molecule is Cc1ccc(N2C(=S)N[C@H](c3ccccn3)[C@@H]2c2ccc(-c3ccc(C)cc3Br)o2)cc1. The molecular formula is C26H22BrN3OS. The second kappa shape index (κ2) is 8.52. The largest absolute Gasteiger partial charge is 0.459 e. The number of pyridine rings is 1. The normalized spacial score (nSPS) is 18.1. The van der Waals surface area contributed by atoms with Gasteiger partial charge in [0.2, 0.25) is 0 Å². The molecular weight excluding hydrogens is 482 g/mol. The van der Waals surface area contributed by atoms with Crippen LogP contribution in [0.2, 0.25) is 0 Å². The number of furan rings is 1. The number of nitrogens with zero attached hydrogens (tertiary/aromatic N) is 2. The molecule has 1 aliphatic rings. The highest BCUT2D eigenvalue weighted by Crippen LogP contribution is 2.43. The first-order chi connectivity index (χ1) is 15.5. The average molecular weight is 504 g/mol. The van der Waals surface area contributed by atoms with E-state index in [1.165, 1.54) is 11.1 Å². The highest BCUT2D eigenvalue weighted by molar-refractivity contribution is 9.10. The summed E-state index contributed by atoms with van der Waals surface area (Å²) in [6.45, 7) is 4.15. The molecule has 4 nitrogen and oxygen atoms in total. The van der Waals surface area contributed by atoms with Crippen LogP contribution in [-0.4, -0.2) is 10.1 Å². The molecule has 5 rings (SSSR count). The Bertz CT molecular complexity index is 1270. The minimum Gasteiger partial charge on any atom is -0.459 e. The van der Waals surface area contributed by atoms with Gasteiger partial charge < -0.3 is 14.6 Å². The lowest BCUT2D eigenvalue weighted by atomic mass is 10.0. The Morgan fingerprint density at radius 2 is 1.75 bits per heavy atom. The van der Waals surface area contributed by atoms with Crippen molar-refractivity contribution in [1.29, 1.82) is 0 Å². The van der Waals surface area contributed by atoms with Crippen LogP contribution in [0.4, 0.5) is 5.69 Å². The summed E-state index contributed by atoms with van der Waals surface area (Å²) in [7, 11) is 0. The van der Waals surface area contributed by atoms with E-state index in [9.17, 15) is 0 Å². The van der Waals surface area contributed by atoms with Crippen molar-refractivity contribution in [2.24, 2.45) is 0 Å². The highest BCUT2D eigenvalue weighted by atomic mass is 79.9. The molecule has 0 amide bonds. The summed E-state index contributed by atoms with van der Waals surface area (Å²) >= 11 is 9.46. The quantitative estimate of drug-likeness (QED) is 0.306. The smallest absolute Gasteiger partial charge is 0.174 e. The first kappa shape index (κ1) is 20.9. The molecule has 3 heterocycles. The van der Waals surface area contributed by atoms with Crippen molar-refractivity contribution >= 4 is 38.9 Å². The number of rotatable bonds is 4. The number of halogens is 1. The van der Waals surface area contributed by atoms with E-state index in [-0.39, 0.29) is 12.1 Å². The van der Waals surface area contributed by atoms with E-state index >= 15 is 0 Å². The lowest BCUT2D eigenvalue weighted by Crippen LogP contribution is -2.29. The summed E-state index contributed by atoms with van der Waals surface area (Å²) in [5, 5.41) is 4.13. The van der Waals surface area contributed by atoms with Crippen LogP contribution in [0.5, 0.6) is 0 Å². The molecule has 2 atom stereocenters. The van der Waals surface area contributed by atoms with E-state index in [4.69, 9.17) is 16.6 Å². The third kappa shape index (κ3) is 3.85. The van der Waals surface area contributed by atoms with Gasteiger partial charge in [0.05, 0.1) is 11.7 Å². The molecule has 2 aromatic heterocycles. The van der Waals surface area contributed by atoms with Gasteiger partial charge in [0.15, 0.2) is 5.11 Å². The number of nitrogens with one attached hydrogen (secondary N) is 1. The zero-order valence-corrected chi connectivity index (χ0v) is 20.2. The molecule has 0 radical (unpaired) electrons. The molecule has 0 unspecified atom stereocenters. The van der Waals surface area contributed by atoms with E-state index < -0.39 is 0 Å². The van der Waals surface area contributed by atoms with Gasteiger partial charge in [-0.05, 0) is 80.2 Å². The standard InChI is InChI=1S/C26H22BrN3OS/c1-16-6-9-18(10-7-16)30-25(24(29-26(30)32)21-5-3-4-14-28-21)23-13-12-22(31-23)19-11-8-17(2)15-20(19)27/h3-15,24-25H,1-2H3,(H,29,32)/t24-,25+/m1/s1. The Morgan fingerprint density at radius 3 is 2.47 bits per heavy atom. The van der Waals surface area contributed by atoms with Gasteiger partial charge in [0.25, 0.3) is 0 Å². The van der Waals surface area contributed by atoms with Gasteiger partial charge in [-0.15, -0.1) is 0 Å². The topological polar surface area (TPSA) is 41.3 Å². The summed E-state index contributed by atoms with van der Waals surface area (Å²) in [5.74, 6) is 1.64. The third-order valence-electron chi connectivity index (χ3n) is 5.72. The Kier molecular flexibility index (Phi) is 5.57. The molecule has 1 saturated heterocycles. The predicted molar refractivity (Wildman–Crippen MR) is 136 cm³/mol. The Morgan fingerprint density at radius 1 is 0.969 bits per heavy atom. The van der Waals surface area contributed by atoms with E-state index in [0.29, 0.717) is 5.11 Å². The minimum absolute atomic E-state index is 0.134. The third-order valence-corrected chi connectivity index (χ3v) is 6.69. The monoisotopic (exact) mass is 503 g/mol. The van der Waals surface area contributed by atoms with E-state index in [2.05, 4.69) is 87.4 Å². The molecule has 6 heteroatoms. The van der Waals surface area contributed by atoms with Gasteiger partial charge in [-0.25, -0.2) is 0 Å². The van der Waals surface area contributed by atoms with Crippen LogP contribution in [0, 0.1) is 13.8 Å². The van der Waals surface area contributed by atoms with Crippen molar-refractivity contribution in [1.82, 2.24) is 10.3 Å². The number of hydrogen-bond donors (Lipinski definition) is 1. The van der Waals surface area contributed by atoms with Crippen LogP contribution >= 0.6 is 28.1 Å². The molecule has 1 aliphatic heterocycles. The molecule has 1 N–H and O–H groups in total. The van der Waals surface area contributed by atoms with Crippen molar-refractivity contribution in [3.05, 3.63) is 106 Å². The predicted octanol–water partition coefficient (Wildman–Crippen LogP) is 6.90. The maximum atomic E-state index is 6.45. The Balaban J connectivity index is 1.60. The van der Waals surface area contributed by atoms with Crippen molar-refractivity contribution in [2.75, 3.05) is 4.90 Å². The zero-order chi connectivity index (χ0) is 22.2. The number of hydrogen-bond acceptors (Lipinski definition) is 3. The van der Waals surface area contributed by atoms with Gasteiger partial charge in [-0.2, -0.15) is 0 Å². The van der Waals surface area contributed by atoms with Crippen LogP contribution in [0.3, 0.4) is 0 Å². The van der Waals surface area contributed by atoms with Crippen LogP contribution < -0.4 is 10.2 Å².